The first-order chi connectivity index (χ1) is 15.3. The maximum atomic E-state index is 13.1. The van der Waals surface area contributed by atoms with Gasteiger partial charge >= 0.3 is 5.69 Å². The van der Waals surface area contributed by atoms with E-state index in [1.807, 2.05) is 13.0 Å². The second kappa shape index (κ2) is 12.1. The molecule has 8 heteroatoms. The zero-order valence-electron chi connectivity index (χ0n) is 19.2. The molecule has 0 amide bonds. The summed E-state index contributed by atoms with van der Waals surface area (Å²) in [6.07, 6.45) is 4.58. The predicted molar refractivity (Wildman–Crippen MR) is 124 cm³/mol. The minimum absolute atomic E-state index is 0.109. The van der Waals surface area contributed by atoms with E-state index in [1.54, 1.807) is 26.1 Å². The molecule has 1 aromatic heterocycles. The summed E-state index contributed by atoms with van der Waals surface area (Å²) in [6.45, 7) is 6.02. The molecule has 0 aliphatic carbocycles. The summed E-state index contributed by atoms with van der Waals surface area (Å²) in [7, 11) is 1.56. The van der Waals surface area contributed by atoms with Crippen LogP contribution in [0, 0.1) is 12.7 Å². The lowest BCUT2D eigenvalue weighted by Crippen LogP contribution is -2.40. The zero-order chi connectivity index (χ0) is 23.7. The Bertz CT molecular complexity index is 1040. The van der Waals surface area contributed by atoms with E-state index in [2.05, 4.69) is 11.9 Å². The average Bonchev–Trinajstić information content (AvgIpc) is 2.79. The third-order valence-corrected chi connectivity index (χ3v) is 5.12. The van der Waals surface area contributed by atoms with E-state index >= 15 is 0 Å². The van der Waals surface area contributed by atoms with Gasteiger partial charge < -0.3 is 9.84 Å². The van der Waals surface area contributed by atoms with E-state index in [0.29, 0.717) is 30.9 Å². The van der Waals surface area contributed by atoms with E-state index in [9.17, 15) is 14.0 Å². The highest BCUT2D eigenvalue weighted by molar-refractivity contribution is 5.94. The summed E-state index contributed by atoms with van der Waals surface area (Å²) in [5.41, 5.74) is 1.10. The highest BCUT2D eigenvalue weighted by Gasteiger charge is 2.15. The summed E-state index contributed by atoms with van der Waals surface area (Å²) >= 11 is 0. The van der Waals surface area contributed by atoms with Gasteiger partial charge in [0, 0.05) is 25.8 Å². The van der Waals surface area contributed by atoms with Gasteiger partial charge in [0.05, 0.1) is 12.2 Å². The fraction of sp³-hybridized carbons (Fsp3) is 0.458. The van der Waals surface area contributed by atoms with Crippen molar-refractivity contribution in [2.24, 2.45) is 12.0 Å². The van der Waals surface area contributed by atoms with Crippen molar-refractivity contribution in [1.29, 1.82) is 0 Å². The van der Waals surface area contributed by atoms with Gasteiger partial charge in [-0.1, -0.05) is 31.6 Å². The van der Waals surface area contributed by atoms with Crippen molar-refractivity contribution in [3.05, 3.63) is 73.7 Å². The number of unbranched alkanes of at least 4 members (excludes halogenated alkanes) is 1. The molecule has 1 N–H and O–H groups in total. The van der Waals surface area contributed by atoms with E-state index < -0.39 is 11.2 Å². The number of rotatable bonds is 10. The Morgan fingerprint density at radius 1 is 1.22 bits per heavy atom. The van der Waals surface area contributed by atoms with Gasteiger partial charge in [0.25, 0.3) is 5.56 Å². The fourth-order valence-corrected chi connectivity index (χ4v) is 3.12. The third-order valence-electron chi connectivity index (χ3n) is 5.12. The van der Waals surface area contributed by atoms with Gasteiger partial charge in [-0.3, -0.25) is 13.9 Å². The van der Waals surface area contributed by atoms with Crippen LogP contribution >= 0.6 is 0 Å². The zero-order valence-corrected chi connectivity index (χ0v) is 19.2. The van der Waals surface area contributed by atoms with Crippen LogP contribution in [0.5, 0.6) is 0 Å². The summed E-state index contributed by atoms with van der Waals surface area (Å²) in [5, 5.41) is 9.04. The molecule has 0 bridgehead atoms. The van der Waals surface area contributed by atoms with Crippen LogP contribution in [0.1, 0.15) is 44.2 Å². The molecule has 0 radical (unpaired) electrons. The van der Waals surface area contributed by atoms with Gasteiger partial charge in [0.2, 0.25) is 5.90 Å². The van der Waals surface area contributed by atoms with Crippen LogP contribution < -0.4 is 11.2 Å². The number of aliphatic imine (C=N–C) groups is 1. The van der Waals surface area contributed by atoms with Crippen LogP contribution in [0.25, 0.3) is 0 Å². The van der Waals surface area contributed by atoms with Crippen LogP contribution in [-0.4, -0.2) is 33.4 Å². The number of halogens is 1. The van der Waals surface area contributed by atoms with Crippen LogP contribution in [0.2, 0.25) is 0 Å². The molecule has 0 saturated heterocycles. The maximum absolute atomic E-state index is 13.1. The van der Waals surface area contributed by atoms with Gasteiger partial charge in [-0.05, 0) is 50.8 Å². The van der Waals surface area contributed by atoms with Gasteiger partial charge in [-0.15, -0.1) is 0 Å². The number of allylic oxidation sites excluding steroid dienone is 1. The first kappa shape index (κ1) is 25.3. The molecule has 2 rings (SSSR count). The topological polar surface area (TPSA) is 85.8 Å². The van der Waals surface area contributed by atoms with Crippen LogP contribution in [0.4, 0.5) is 10.2 Å². The number of aliphatic hydroxyl groups is 1. The summed E-state index contributed by atoms with van der Waals surface area (Å²) < 4.78 is 21.5. The molecule has 1 heterocycles. The van der Waals surface area contributed by atoms with E-state index in [0.717, 1.165) is 28.5 Å². The van der Waals surface area contributed by atoms with Crippen molar-refractivity contribution in [3.8, 4) is 0 Å². The number of hydrogen-bond acceptors (Lipinski definition) is 5. The Morgan fingerprint density at radius 3 is 2.53 bits per heavy atom. The lowest BCUT2D eigenvalue weighted by Gasteiger charge is -2.14. The van der Waals surface area contributed by atoms with Crippen molar-refractivity contribution < 1.29 is 14.2 Å². The summed E-state index contributed by atoms with van der Waals surface area (Å²) in [6, 6.07) is 6.26. The Labute approximate surface area is 187 Å². The second-order valence-electron chi connectivity index (χ2n) is 7.66. The van der Waals surface area contributed by atoms with Crippen molar-refractivity contribution in [3.63, 3.8) is 0 Å². The average molecular weight is 446 g/mol. The monoisotopic (exact) mass is 445 g/mol. The minimum atomic E-state index is -0.492. The Hall–Kier alpha value is -3.00. The molecule has 32 heavy (non-hydrogen) atoms. The predicted octanol–water partition coefficient (Wildman–Crippen LogP) is 3.41. The molecule has 0 aliphatic heterocycles. The quantitative estimate of drug-likeness (QED) is 0.345. The summed E-state index contributed by atoms with van der Waals surface area (Å²) in [5.74, 6) is 0.289. The molecule has 0 aliphatic rings. The molecular weight excluding hydrogens is 413 g/mol. The molecule has 1 aromatic carbocycles. The molecule has 0 saturated carbocycles. The lowest BCUT2D eigenvalue weighted by molar-refractivity contribution is 0.277. The number of ether oxygens (including phenoxy) is 1. The SMILES string of the molecule is CCCCOC(=N/c1c(C)c(=O)n(CCCO)c(=O)n1C)/C(C)=C\Cc1ccc(F)cc1. The maximum Gasteiger partial charge on any atom is 0.332 e. The van der Waals surface area contributed by atoms with E-state index in [4.69, 9.17) is 9.84 Å². The van der Waals surface area contributed by atoms with Gasteiger partial charge in [0.15, 0.2) is 0 Å². The molecule has 0 fully saturated rings. The van der Waals surface area contributed by atoms with Gasteiger partial charge in [-0.25, -0.2) is 9.18 Å². The molecule has 174 valence electrons. The number of aromatic nitrogens is 2. The first-order valence-corrected chi connectivity index (χ1v) is 10.8. The van der Waals surface area contributed by atoms with Crippen molar-refractivity contribution in [1.82, 2.24) is 9.13 Å². The number of aliphatic hydroxyl groups excluding tert-OH is 1. The Balaban J connectivity index is 2.46. The lowest BCUT2D eigenvalue weighted by atomic mass is 10.1. The summed E-state index contributed by atoms with van der Waals surface area (Å²) in [4.78, 5) is 30.0. The molecule has 0 spiro atoms. The molecule has 7 nitrogen and oxygen atoms in total. The van der Waals surface area contributed by atoms with Gasteiger partial charge in [-0.2, -0.15) is 4.99 Å². The first-order valence-electron chi connectivity index (χ1n) is 10.8. The highest BCUT2D eigenvalue weighted by atomic mass is 19.1. The normalized spacial score (nSPS) is 12.3. The smallest absolute Gasteiger partial charge is 0.332 e. The minimum Gasteiger partial charge on any atom is -0.477 e. The van der Waals surface area contributed by atoms with Crippen molar-refractivity contribution in [2.45, 2.75) is 53.0 Å². The molecule has 0 atom stereocenters. The highest BCUT2D eigenvalue weighted by Crippen LogP contribution is 2.16. The molecular formula is C24H32FN3O4. The van der Waals surface area contributed by atoms with Gasteiger partial charge in [0.1, 0.15) is 11.6 Å². The largest absolute Gasteiger partial charge is 0.477 e. The number of benzene rings is 1. The Kier molecular flexibility index (Phi) is 9.59. The third kappa shape index (κ3) is 6.50. The van der Waals surface area contributed by atoms with Crippen molar-refractivity contribution >= 4 is 11.7 Å². The molecule has 2 aromatic rings. The van der Waals surface area contributed by atoms with Crippen LogP contribution in [-0.2, 0) is 24.8 Å². The van der Waals surface area contributed by atoms with E-state index in [-0.39, 0.29) is 24.8 Å². The fourth-order valence-electron chi connectivity index (χ4n) is 3.12. The number of hydrogen-bond donors (Lipinski definition) is 1. The van der Waals surface area contributed by atoms with Crippen molar-refractivity contribution in [2.75, 3.05) is 13.2 Å². The molecule has 0 unspecified atom stereocenters. The van der Waals surface area contributed by atoms with Crippen LogP contribution in [0.15, 0.2) is 50.5 Å². The second-order valence-corrected chi connectivity index (χ2v) is 7.66. The number of nitrogens with zero attached hydrogens (tertiary/aromatic N) is 3. The Morgan fingerprint density at radius 2 is 1.91 bits per heavy atom. The van der Waals surface area contributed by atoms with Crippen LogP contribution in [0.3, 0.4) is 0 Å². The standard InChI is InChI=1S/C24H32FN3O4/c1-5-6-16-32-22(17(2)8-9-19-10-12-20(25)13-11-19)26-21-18(3)23(30)28(14-7-15-29)24(31)27(21)4/h8,10-13,29H,5-7,9,14-16H2,1-4H3/b17-8-,26-22+. The van der Waals surface area contributed by atoms with E-state index in [1.165, 1.54) is 16.7 Å².